The molecule has 1 fully saturated rings. The Balaban J connectivity index is 2.20. The number of hydrogen-bond acceptors (Lipinski definition) is 1. The molecule has 0 bridgehead atoms. The van der Waals surface area contributed by atoms with Crippen LogP contribution in [0.3, 0.4) is 0 Å². The average Bonchev–Trinajstić information content (AvgIpc) is 3.00. The number of rotatable bonds is 3. The molecule has 1 aromatic rings. The van der Waals surface area contributed by atoms with Crippen LogP contribution in [0.2, 0.25) is 0 Å². The van der Waals surface area contributed by atoms with E-state index in [1.54, 1.807) is 0 Å². The molecule has 0 aromatic carbocycles. The van der Waals surface area contributed by atoms with Crippen molar-refractivity contribution in [2.75, 3.05) is 0 Å². The number of nitrogens with zero attached hydrogens (tertiary/aromatic N) is 1. The van der Waals surface area contributed by atoms with Gasteiger partial charge in [0.1, 0.15) is 0 Å². The summed E-state index contributed by atoms with van der Waals surface area (Å²) < 4.78 is 0. The fourth-order valence-electron chi connectivity index (χ4n) is 1.74. The van der Waals surface area contributed by atoms with E-state index in [-0.39, 0.29) is 0 Å². The molecule has 1 aliphatic rings. The van der Waals surface area contributed by atoms with Gasteiger partial charge in [-0.05, 0) is 42.4 Å². The van der Waals surface area contributed by atoms with Crippen molar-refractivity contribution in [1.82, 2.24) is 4.98 Å². The second kappa shape index (κ2) is 3.72. The van der Waals surface area contributed by atoms with Crippen LogP contribution >= 0.6 is 0 Å². The van der Waals surface area contributed by atoms with Gasteiger partial charge in [-0.3, -0.25) is 4.98 Å². The van der Waals surface area contributed by atoms with Crippen LogP contribution in [0.4, 0.5) is 0 Å². The van der Waals surface area contributed by atoms with E-state index in [1.807, 2.05) is 6.20 Å². The van der Waals surface area contributed by atoms with Crippen LogP contribution in [0.25, 0.3) is 0 Å². The van der Waals surface area contributed by atoms with E-state index < -0.39 is 0 Å². The first-order chi connectivity index (χ1) is 6.68. The predicted molar refractivity (Wildman–Crippen MR) is 59.5 cm³/mol. The first kappa shape index (κ1) is 9.70. The average molecular weight is 189 g/mol. The van der Waals surface area contributed by atoms with Gasteiger partial charge >= 0.3 is 0 Å². The quantitative estimate of drug-likeness (QED) is 0.706. The van der Waals surface area contributed by atoms with Gasteiger partial charge in [-0.15, -0.1) is 0 Å². The fraction of sp³-hybridized carbons (Fsp3) is 0.615. The van der Waals surface area contributed by atoms with Crippen molar-refractivity contribution in [1.29, 1.82) is 0 Å². The largest absolute Gasteiger partial charge is 0.261 e. The van der Waals surface area contributed by atoms with E-state index in [1.165, 1.54) is 24.1 Å². The molecule has 76 valence electrons. The molecule has 1 saturated carbocycles. The number of aromatic nitrogens is 1. The molecule has 1 unspecified atom stereocenters. The van der Waals surface area contributed by atoms with E-state index in [2.05, 4.69) is 37.9 Å². The van der Waals surface area contributed by atoms with Crippen molar-refractivity contribution in [3.63, 3.8) is 0 Å². The van der Waals surface area contributed by atoms with Crippen LogP contribution < -0.4 is 0 Å². The fourth-order valence-corrected chi connectivity index (χ4v) is 1.74. The van der Waals surface area contributed by atoms with Crippen LogP contribution in [-0.2, 0) is 0 Å². The highest BCUT2D eigenvalue weighted by molar-refractivity contribution is 5.24. The molecule has 0 saturated heterocycles. The van der Waals surface area contributed by atoms with E-state index in [4.69, 9.17) is 0 Å². The molecule has 1 aliphatic carbocycles. The lowest BCUT2D eigenvalue weighted by atomic mass is 9.90. The minimum Gasteiger partial charge on any atom is -0.261 e. The van der Waals surface area contributed by atoms with Crippen LogP contribution in [0.1, 0.15) is 56.7 Å². The highest BCUT2D eigenvalue weighted by atomic mass is 14.7. The predicted octanol–water partition coefficient (Wildman–Crippen LogP) is 3.72. The van der Waals surface area contributed by atoms with E-state index in [0.29, 0.717) is 11.8 Å². The van der Waals surface area contributed by atoms with Gasteiger partial charge in [0.05, 0.1) is 0 Å². The van der Waals surface area contributed by atoms with Gasteiger partial charge in [0.25, 0.3) is 0 Å². The summed E-state index contributed by atoms with van der Waals surface area (Å²) in [5.74, 6) is 2.13. The molecule has 0 N–H and O–H groups in total. The second-order valence-electron chi connectivity index (χ2n) is 4.82. The Kier molecular flexibility index (Phi) is 2.58. The maximum atomic E-state index is 4.44. The Hall–Kier alpha value is -0.850. The summed E-state index contributed by atoms with van der Waals surface area (Å²) in [6, 6.07) is 4.47. The molecule has 2 rings (SSSR count). The standard InChI is InChI=1S/C13H19N/c1-9(2)10(3)12-6-7-14-13(8-12)11-4-5-11/h6-11H,4-5H2,1-3H3. The highest BCUT2D eigenvalue weighted by Gasteiger charge is 2.25. The molecule has 1 heteroatoms. The highest BCUT2D eigenvalue weighted by Crippen LogP contribution is 2.39. The summed E-state index contributed by atoms with van der Waals surface area (Å²) in [7, 11) is 0. The number of pyridine rings is 1. The monoisotopic (exact) mass is 189 g/mol. The molecular formula is C13H19N. The first-order valence-corrected chi connectivity index (χ1v) is 5.64. The summed E-state index contributed by atoms with van der Waals surface area (Å²) in [4.78, 5) is 4.44. The van der Waals surface area contributed by atoms with Gasteiger partial charge < -0.3 is 0 Å². The van der Waals surface area contributed by atoms with E-state index >= 15 is 0 Å². The Bertz CT molecular complexity index is 313. The van der Waals surface area contributed by atoms with Gasteiger partial charge in [-0.25, -0.2) is 0 Å². The summed E-state index contributed by atoms with van der Waals surface area (Å²) >= 11 is 0. The lowest BCUT2D eigenvalue weighted by Crippen LogP contribution is -2.03. The molecule has 0 spiro atoms. The SMILES string of the molecule is CC(C)C(C)c1ccnc(C2CC2)c1. The van der Waals surface area contributed by atoms with Crippen LogP contribution in [0.15, 0.2) is 18.3 Å². The maximum Gasteiger partial charge on any atom is 0.0437 e. The third kappa shape index (κ3) is 1.97. The third-order valence-electron chi connectivity index (χ3n) is 3.33. The number of hydrogen-bond donors (Lipinski definition) is 0. The summed E-state index contributed by atoms with van der Waals surface area (Å²) in [5, 5.41) is 0. The molecular weight excluding hydrogens is 170 g/mol. The van der Waals surface area contributed by atoms with Crippen LogP contribution in [0, 0.1) is 5.92 Å². The summed E-state index contributed by atoms with van der Waals surface area (Å²) in [5.41, 5.74) is 2.77. The zero-order chi connectivity index (χ0) is 10.1. The van der Waals surface area contributed by atoms with E-state index in [0.717, 1.165) is 5.92 Å². The minimum atomic E-state index is 0.649. The molecule has 1 aromatic heterocycles. The Morgan fingerprint density at radius 3 is 2.57 bits per heavy atom. The minimum absolute atomic E-state index is 0.649. The lowest BCUT2D eigenvalue weighted by molar-refractivity contribution is 0.534. The molecule has 0 radical (unpaired) electrons. The van der Waals surface area contributed by atoms with Crippen molar-refractivity contribution < 1.29 is 0 Å². The molecule has 1 nitrogen and oxygen atoms in total. The van der Waals surface area contributed by atoms with Crippen molar-refractivity contribution in [2.45, 2.75) is 45.4 Å². The maximum absolute atomic E-state index is 4.44. The Morgan fingerprint density at radius 1 is 1.29 bits per heavy atom. The molecule has 0 aliphatic heterocycles. The van der Waals surface area contributed by atoms with Crippen LogP contribution in [0.5, 0.6) is 0 Å². The van der Waals surface area contributed by atoms with Gasteiger partial charge in [0, 0.05) is 17.8 Å². The Morgan fingerprint density at radius 2 is 2.00 bits per heavy atom. The van der Waals surface area contributed by atoms with Gasteiger partial charge in [0.15, 0.2) is 0 Å². The molecule has 1 heterocycles. The molecule has 14 heavy (non-hydrogen) atoms. The van der Waals surface area contributed by atoms with Gasteiger partial charge in [-0.2, -0.15) is 0 Å². The first-order valence-electron chi connectivity index (χ1n) is 5.64. The van der Waals surface area contributed by atoms with Crippen molar-refractivity contribution in [3.05, 3.63) is 29.6 Å². The van der Waals surface area contributed by atoms with Crippen molar-refractivity contribution in [3.8, 4) is 0 Å². The zero-order valence-electron chi connectivity index (χ0n) is 9.33. The molecule has 1 atom stereocenters. The van der Waals surface area contributed by atoms with E-state index in [9.17, 15) is 0 Å². The zero-order valence-corrected chi connectivity index (χ0v) is 9.33. The van der Waals surface area contributed by atoms with Crippen molar-refractivity contribution >= 4 is 0 Å². The van der Waals surface area contributed by atoms with Crippen molar-refractivity contribution in [2.24, 2.45) is 5.92 Å². The lowest BCUT2D eigenvalue weighted by Gasteiger charge is -2.16. The second-order valence-corrected chi connectivity index (χ2v) is 4.82. The van der Waals surface area contributed by atoms with Gasteiger partial charge in [0.2, 0.25) is 0 Å². The summed E-state index contributed by atoms with van der Waals surface area (Å²) in [6.07, 6.45) is 4.65. The van der Waals surface area contributed by atoms with Gasteiger partial charge in [-0.1, -0.05) is 20.8 Å². The Labute approximate surface area is 86.6 Å². The normalized spacial score (nSPS) is 18.6. The summed E-state index contributed by atoms with van der Waals surface area (Å²) in [6.45, 7) is 6.86. The van der Waals surface area contributed by atoms with Crippen LogP contribution in [-0.4, -0.2) is 4.98 Å². The molecule has 0 amide bonds. The smallest absolute Gasteiger partial charge is 0.0437 e. The topological polar surface area (TPSA) is 12.9 Å². The third-order valence-corrected chi connectivity index (χ3v) is 3.33.